The molecule has 0 radical (unpaired) electrons. The fourth-order valence-electron chi connectivity index (χ4n) is 4.46. The molecule has 1 aromatic heterocycles. The number of piperidine rings is 1. The molecule has 0 aromatic carbocycles. The molecule has 3 saturated heterocycles. The first-order valence-corrected chi connectivity index (χ1v) is 9.94. The zero-order chi connectivity index (χ0) is 20.9. The summed E-state index contributed by atoms with van der Waals surface area (Å²) in [5, 5.41) is 6.89. The molecule has 29 heavy (non-hydrogen) atoms. The Balaban J connectivity index is 0.000000755. The van der Waals surface area contributed by atoms with E-state index in [-0.39, 0.29) is 29.9 Å². The van der Waals surface area contributed by atoms with Crippen LogP contribution in [0.1, 0.15) is 32.1 Å². The molecule has 3 fully saturated rings. The van der Waals surface area contributed by atoms with E-state index in [2.05, 4.69) is 19.8 Å². The predicted molar refractivity (Wildman–Crippen MR) is 106 cm³/mol. The third-order valence-electron chi connectivity index (χ3n) is 5.95. The summed E-state index contributed by atoms with van der Waals surface area (Å²) in [4.78, 5) is 33.9. The van der Waals surface area contributed by atoms with Crippen molar-refractivity contribution < 1.29 is 24.2 Å². The SMILES string of the molecule is COc1cc(N2CCC3(CC2)CC(CN2CCCC2)OC3=O)nc(N)n1.O=CO. The third kappa shape index (κ3) is 4.87. The summed E-state index contributed by atoms with van der Waals surface area (Å²) in [6.07, 6.45) is 4.97. The number of carboxylic acid groups (broad SMARTS) is 1. The lowest BCUT2D eigenvalue weighted by atomic mass is 9.76. The Labute approximate surface area is 170 Å². The number of hydrogen-bond donors (Lipinski definition) is 2. The van der Waals surface area contributed by atoms with Crippen LogP contribution in [0.15, 0.2) is 6.07 Å². The van der Waals surface area contributed by atoms with Crippen LogP contribution in [-0.4, -0.2) is 78.4 Å². The van der Waals surface area contributed by atoms with Crippen LogP contribution in [0.2, 0.25) is 0 Å². The Kier molecular flexibility index (Phi) is 6.73. The van der Waals surface area contributed by atoms with E-state index in [0.29, 0.717) is 5.88 Å². The van der Waals surface area contributed by atoms with Gasteiger partial charge in [-0.25, -0.2) is 0 Å². The molecule has 1 atom stereocenters. The Morgan fingerprint density at radius 3 is 2.59 bits per heavy atom. The highest BCUT2D eigenvalue weighted by Gasteiger charge is 2.50. The van der Waals surface area contributed by atoms with Gasteiger partial charge in [0.2, 0.25) is 11.8 Å². The Morgan fingerprint density at radius 1 is 1.31 bits per heavy atom. The quantitative estimate of drug-likeness (QED) is 0.545. The van der Waals surface area contributed by atoms with E-state index < -0.39 is 0 Å². The van der Waals surface area contributed by atoms with Crippen LogP contribution in [0.3, 0.4) is 0 Å². The van der Waals surface area contributed by atoms with E-state index in [1.54, 1.807) is 13.2 Å². The van der Waals surface area contributed by atoms with Crippen LogP contribution in [0.4, 0.5) is 11.8 Å². The normalized spacial score (nSPS) is 23.4. The van der Waals surface area contributed by atoms with Crippen molar-refractivity contribution in [2.45, 2.75) is 38.2 Å². The molecule has 1 aromatic rings. The molecule has 0 bridgehead atoms. The van der Waals surface area contributed by atoms with Crippen molar-refractivity contribution in [3.8, 4) is 5.88 Å². The molecule has 160 valence electrons. The minimum atomic E-state index is -0.330. The van der Waals surface area contributed by atoms with Crippen molar-refractivity contribution >= 4 is 24.2 Å². The highest BCUT2D eigenvalue weighted by Crippen LogP contribution is 2.44. The molecular formula is C19H29N5O5. The summed E-state index contributed by atoms with van der Waals surface area (Å²) in [6, 6.07) is 1.79. The Hall–Kier alpha value is -2.62. The molecule has 3 N–H and O–H groups in total. The van der Waals surface area contributed by atoms with Crippen LogP contribution in [-0.2, 0) is 14.3 Å². The number of carbonyl (C=O) groups excluding carboxylic acids is 1. The second kappa shape index (κ2) is 9.25. The lowest BCUT2D eigenvalue weighted by Crippen LogP contribution is -2.43. The number of aromatic nitrogens is 2. The van der Waals surface area contributed by atoms with Crippen molar-refractivity contribution in [2.24, 2.45) is 5.41 Å². The number of hydrogen-bond acceptors (Lipinski definition) is 9. The van der Waals surface area contributed by atoms with E-state index in [9.17, 15) is 4.79 Å². The van der Waals surface area contributed by atoms with Crippen LogP contribution >= 0.6 is 0 Å². The number of rotatable bonds is 4. The highest BCUT2D eigenvalue weighted by molar-refractivity contribution is 5.79. The molecule has 0 saturated carbocycles. The van der Waals surface area contributed by atoms with Gasteiger partial charge in [-0.05, 0) is 38.8 Å². The average Bonchev–Trinajstić information content (AvgIpc) is 3.31. The topological polar surface area (TPSA) is 131 Å². The number of nitrogen functional groups attached to an aromatic ring is 1. The number of ether oxygens (including phenoxy) is 2. The first kappa shape index (κ1) is 21.1. The second-order valence-corrected chi connectivity index (χ2v) is 7.74. The lowest BCUT2D eigenvalue weighted by Gasteiger charge is -2.37. The van der Waals surface area contributed by atoms with Gasteiger partial charge in [-0.3, -0.25) is 14.5 Å². The van der Waals surface area contributed by atoms with Gasteiger partial charge in [0.25, 0.3) is 6.47 Å². The Bertz CT molecular complexity index is 717. The summed E-state index contributed by atoms with van der Waals surface area (Å²) in [5.74, 6) is 1.40. The number of esters is 1. The van der Waals surface area contributed by atoms with Crippen molar-refractivity contribution in [1.29, 1.82) is 0 Å². The molecule has 1 unspecified atom stereocenters. The number of anilines is 2. The maximum atomic E-state index is 12.6. The van der Waals surface area contributed by atoms with Gasteiger partial charge in [0.05, 0.1) is 12.5 Å². The number of carbonyl (C=O) groups is 2. The van der Waals surface area contributed by atoms with Gasteiger partial charge in [0.15, 0.2) is 0 Å². The molecule has 4 rings (SSSR count). The lowest BCUT2D eigenvalue weighted by molar-refractivity contribution is -0.150. The van der Waals surface area contributed by atoms with Gasteiger partial charge in [0, 0.05) is 32.1 Å². The molecule has 10 heteroatoms. The fraction of sp³-hybridized carbons (Fsp3) is 0.684. The summed E-state index contributed by atoms with van der Waals surface area (Å²) in [6.45, 7) is 4.41. The van der Waals surface area contributed by atoms with Crippen LogP contribution in [0, 0.1) is 5.41 Å². The molecule has 0 amide bonds. The third-order valence-corrected chi connectivity index (χ3v) is 5.95. The summed E-state index contributed by atoms with van der Waals surface area (Å²) in [5.41, 5.74) is 5.44. The number of methoxy groups -OCH3 is 1. The van der Waals surface area contributed by atoms with Gasteiger partial charge in [-0.1, -0.05) is 0 Å². The van der Waals surface area contributed by atoms with Gasteiger partial charge in [0.1, 0.15) is 11.9 Å². The number of nitrogens with two attached hydrogens (primary N) is 1. The van der Waals surface area contributed by atoms with E-state index in [0.717, 1.165) is 57.8 Å². The summed E-state index contributed by atoms with van der Waals surface area (Å²) >= 11 is 0. The van der Waals surface area contributed by atoms with E-state index in [1.165, 1.54) is 12.8 Å². The summed E-state index contributed by atoms with van der Waals surface area (Å²) < 4.78 is 10.9. The zero-order valence-electron chi connectivity index (χ0n) is 16.7. The predicted octanol–water partition coefficient (Wildman–Crippen LogP) is 0.766. The summed E-state index contributed by atoms with van der Waals surface area (Å²) in [7, 11) is 1.56. The minimum Gasteiger partial charge on any atom is -0.483 e. The second-order valence-electron chi connectivity index (χ2n) is 7.74. The average molecular weight is 407 g/mol. The highest BCUT2D eigenvalue weighted by atomic mass is 16.6. The van der Waals surface area contributed by atoms with E-state index in [1.807, 2.05) is 0 Å². The number of nitrogens with zero attached hydrogens (tertiary/aromatic N) is 4. The number of likely N-dealkylation sites (tertiary alicyclic amines) is 1. The maximum absolute atomic E-state index is 12.6. The van der Waals surface area contributed by atoms with Crippen molar-refractivity contribution in [2.75, 3.05) is 50.5 Å². The van der Waals surface area contributed by atoms with Gasteiger partial charge in [-0.2, -0.15) is 9.97 Å². The van der Waals surface area contributed by atoms with Gasteiger partial charge < -0.3 is 25.2 Å². The standard InChI is InChI=1S/C18H27N5O3.CH2O2/c1-25-15-10-14(20-17(19)21-15)23-8-4-18(5-9-23)11-13(26-16(18)24)12-22-6-2-3-7-22;2-1-3/h10,13H,2-9,11-12H2,1H3,(H2,19,20,21);1H,(H,2,3). The van der Waals surface area contributed by atoms with Gasteiger partial charge >= 0.3 is 5.97 Å². The minimum absolute atomic E-state index is 0.0128. The van der Waals surface area contributed by atoms with E-state index in [4.69, 9.17) is 25.1 Å². The molecule has 3 aliphatic rings. The first-order chi connectivity index (χ1) is 14.0. The molecular weight excluding hydrogens is 378 g/mol. The largest absolute Gasteiger partial charge is 0.483 e. The molecule has 10 nitrogen and oxygen atoms in total. The molecule has 1 spiro atoms. The van der Waals surface area contributed by atoms with Gasteiger partial charge in [-0.15, -0.1) is 0 Å². The smallest absolute Gasteiger partial charge is 0.312 e. The van der Waals surface area contributed by atoms with Crippen LogP contribution in [0.25, 0.3) is 0 Å². The maximum Gasteiger partial charge on any atom is 0.312 e. The monoisotopic (exact) mass is 407 g/mol. The molecule has 3 aliphatic heterocycles. The van der Waals surface area contributed by atoms with Crippen molar-refractivity contribution in [3.63, 3.8) is 0 Å². The zero-order valence-corrected chi connectivity index (χ0v) is 16.7. The number of cyclic esters (lactones) is 1. The Morgan fingerprint density at radius 2 is 1.97 bits per heavy atom. The van der Waals surface area contributed by atoms with E-state index >= 15 is 0 Å². The van der Waals surface area contributed by atoms with Crippen LogP contribution in [0.5, 0.6) is 5.88 Å². The molecule has 4 heterocycles. The van der Waals surface area contributed by atoms with Crippen LogP contribution < -0.4 is 15.4 Å². The fourth-order valence-corrected chi connectivity index (χ4v) is 4.46. The van der Waals surface area contributed by atoms with Crippen molar-refractivity contribution in [3.05, 3.63) is 6.07 Å². The first-order valence-electron chi connectivity index (χ1n) is 9.94. The molecule has 0 aliphatic carbocycles. The van der Waals surface area contributed by atoms with Crippen molar-refractivity contribution in [1.82, 2.24) is 14.9 Å².